The van der Waals surface area contributed by atoms with Crippen LogP contribution in [0.2, 0.25) is 0 Å². The van der Waals surface area contributed by atoms with Gasteiger partial charge in [-0.05, 0) is 36.0 Å². The molecule has 0 atom stereocenters. The minimum Gasteiger partial charge on any atom is -0.498 e. The molecular weight excluding hydrogens is 691 g/mol. The van der Waals surface area contributed by atoms with Crippen molar-refractivity contribution in [1.82, 2.24) is 15.0 Å². The van der Waals surface area contributed by atoms with Crippen molar-refractivity contribution in [3.8, 4) is 22.5 Å². The van der Waals surface area contributed by atoms with E-state index in [2.05, 4.69) is 67.1 Å². The molecule has 4 heterocycles. The number of pyridine rings is 2. The van der Waals surface area contributed by atoms with E-state index in [1.165, 1.54) is 0 Å². The third-order valence-corrected chi connectivity index (χ3v) is 7.86. The Morgan fingerprint density at radius 3 is 2.30 bits per heavy atom. The normalized spacial score (nSPS) is 11.3. The fourth-order valence-corrected chi connectivity index (χ4v) is 5.41. The molecule has 1 radical (unpaired) electrons. The molecule has 6 heteroatoms. The zero-order chi connectivity index (χ0) is 27.0. The summed E-state index contributed by atoms with van der Waals surface area (Å²) < 4.78 is 7.54. The fraction of sp³-hybridized carbons (Fsp3) is 0.147. The van der Waals surface area contributed by atoms with E-state index in [4.69, 9.17) is 9.40 Å². The summed E-state index contributed by atoms with van der Waals surface area (Å²) in [7, 11) is 0. The molecule has 7 aromatic rings. The molecule has 7 rings (SSSR count). The molecular formula is C34H27IrN3OS-2. The largest absolute Gasteiger partial charge is 0.498 e. The van der Waals surface area contributed by atoms with Gasteiger partial charge in [-0.25, -0.2) is 4.98 Å². The number of thiazole rings is 1. The Morgan fingerprint density at radius 1 is 0.775 bits per heavy atom. The first-order valence-corrected chi connectivity index (χ1v) is 13.7. The zero-order valence-electron chi connectivity index (χ0n) is 22.7. The fourth-order valence-electron chi connectivity index (χ4n) is 4.39. The summed E-state index contributed by atoms with van der Waals surface area (Å²) in [5.41, 5.74) is 7.54. The number of benzene rings is 3. The van der Waals surface area contributed by atoms with E-state index in [0.717, 1.165) is 65.2 Å². The molecule has 0 fully saturated rings. The minimum absolute atomic E-state index is 0. The average molecular weight is 718 g/mol. The molecule has 0 aliphatic carbocycles. The summed E-state index contributed by atoms with van der Waals surface area (Å²) in [4.78, 5) is 13.7. The van der Waals surface area contributed by atoms with Crippen LogP contribution < -0.4 is 0 Å². The third kappa shape index (κ3) is 5.48. The molecule has 4 aromatic heterocycles. The van der Waals surface area contributed by atoms with Gasteiger partial charge in [-0.3, -0.25) is 0 Å². The molecule has 201 valence electrons. The third-order valence-electron chi connectivity index (χ3n) is 6.42. The Bertz CT molecular complexity index is 1850. The number of nitrogens with zero attached hydrogens (tertiary/aromatic N) is 3. The van der Waals surface area contributed by atoms with Gasteiger partial charge in [-0.15, -0.1) is 65.4 Å². The first-order valence-electron chi connectivity index (χ1n) is 12.9. The van der Waals surface area contributed by atoms with Crippen LogP contribution in [0.15, 0.2) is 95.7 Å². The van der Waals surface area contributed by atoms with Gasteiger partial charge >= 0.3 is 0 Å². The van der Waals surface area contributed by atoms with Crippen molar-refractivity contribution in [2.45, 2.75) is 33.1 Å². The number of hydrogen-bond donors (Lipinski definition) is 0. The molecule has 0 aliphatic heterocycles. The number of rotatable bonds is 2. The van der Waals surface area contributed by atoms with Crippen LogP contribution in [0.4, 0.5) is 0 Å². The van der Waals surface area contributed by atoms with Crippen LogP contribution >= 0.6 is 11.3 Å². The Kier molecular flexibility index (Phi) is 7.95. The first-order chi connectivity index (χ1) is 18.9. The molecule has 0 N–H and O–H groups in total. The maximum atomic E-state index is 6.38. The average Bonchev–Trinajstić information content (AvgIpc) is 3.57. The van der Waals surface area contributed by atoms with Gasteiger partial charge in [-0.1, -0.05) is 62.1 Å². The maximum Gasteiger partial charge on any atom is 0.148 e. The standard InChI is InChI=1S/C23H19N2OS.C11H8N.Ir/c1-13-8-10-17(24-12-13)16-7-5-6-14-15-9-11-18-19(21(15)26-20(14)16)25-22(27-18)23(2,3)4;1-2-6-10(7-3-1)11-8-4-5-9-12-11;/h5-6,8-12H,1-4H3;1-6,8-9H;/q2*-1;. The van der Waals surface area contributed by atoms with Crippen LogP contribution in [-0.2, 0) is 25.5 Å². The molecule has 0 bridgehead atoms. The second-order valence-electron chi connectivity index (χ2n) is 10.5. The van der Waals surface area contributed by atoms with Crippen molar-refractivity contribution in [2.24, 2.45) is 0 Å². The van der Waals surface area contributed by atoms with Gasteiger partial charge in [0.1, 0.15) is 11.1 Å². The van der Waals surface area contributed by atoms with Gasteiger partial charge in [-0.2, -0.15) is 0 Å². The van der Waals surface area contributed by atoms with Crippen molar-refractivity contribution in [1.29, 1.82) is 0 Å². The number of furan rings is 1. The number of hydrogen-bond acceptors (Lipinski definition) is 5. The van der Waals surface area contributed by atoms with E-state index in [0.29, 0.717) is 0 Å². The van der Waals surface area contributed by atoms with Crippen LogP contribution in [0.25, 0.3) is 54.7 Å². The van der Waals surface area contributed by atoms with Gasteiger partial charge in [0.25, 0.3) is 0 Å². The van der Waals surface area contributed by atoms with Gasteiger partial charge in [0.2, 0.25) is 0 Å². The van der Waals surface area contributed by atoms with E-state index in [1.807, 2.05) is 67.7 Å². The molecule has 0 spiro atoms. The number of aryl methyl sites for hydroxylation is 1. The molecule has 0 aliphatic rings. The molecule has 3 aromatic carbocycles. The van der Waals surface area contributed by atoms with E-state index in [9.17, 15) is 0 Å². The first kappa shape index (κ1) is 27.9. The molecule has 40 heavy (non-hydrogen) atoms. The summed E-state index contributed by atoms with van der Waals surface area (Å²) in [6, 6.07) is 32.5. The Labute approximate surface area is 251 Å². The van der Waals surface area contributed by atoms with Crippen molar-refractivity contribution in [3.63, 3.8) is 0 Å². The topological polar surface area (TPSA) is 51.8 Å². The Hall–Kier alpha value is -3.70. The quantitative estimate of drug-likeness (QED) is 0.168. The van der Waals surface area contributed by atoms with Gasteiger partial charge in [0.15, 0.2) is 0 Å². The van der Waals surface area contributed by atoms with Gasteiger partial charge < -0.3 is 14.4 Å². The predicted molar refractivity (Wildman–Crippen MR) is 161 cm³/mol. The van der Waals surface area contributed by atoms with Crippen molar-refractivity contribution in [3.05, 3.63) is 114 Å². The van der Waals surface area contributed by atoms with Crippen molar-refractivity contribution < 1.29 is 24.5 Å². The zero-order valence-corrected chi connectivity index (χ0v) is 25.9. The summed E-state index contributed by atoms with van der Waals surface area (Å²) in [6.07, 6.45) is 3.66. The molecule has 0 saturated carbocycles. The molecule has 0 saturated heterocycles. The molecule has 0 amide bonds. The Balaban J connectivity index is 0.000000209. The summed E-state index contributed by atoms with van der Waals surface area (Å²) in [5, 5.41) is 3.29. The number of fused-ring (bicyclic) bond motifs is 5. The summed E-state index contributed by atoms with van der Waals surface area (Å²) in [5.74, 6) is 0. The van der Waals surface area contributed by atoms with Crippen molar-refractivity contribution in [2.75, 3.05) is 0 Å². The minimum atomic E-state index is 0. The van der Waals surface area contributed by atoms with Gasteiger partial charge in [0, 0.05) is 43.3 Å². The van der Waals surface area contributed by atoms with Crippen LogP contribution in [0.5, 0.6) is 0 Å². The molecule has 0 unspecified atom stereocenters. The summed E-state index contributed by atoms with van der Waals surface area (Å²) >= 11 is 1.74. The smallest absolute Gasteiger partial charge is 0.148 e. The summed E-state index contributed by atoms with van der Waals surface area (Å²) in [6.45, 7) is 8.61. The van der Waals surface area contributed by atoms with Crippen LogP contribution in [-0.4, -0.2) is 15.0 Å². The monoisotopic (exact) mass is 718 g/mol. The van der Waals surface area contributed by atoms with Crippen LogP contribution in [0.3, 0.4) is 0 Å². The van der Waals surface area contributed by atoms with E-state index >= 15 is 0 Å². The predicted octanol–water partition coefficient (Wildman–Crippen LogP) is 9.21. The van der Waals surface area contributed by atoms with E-state index in [-0.39, 0.29) is 25.5 Å². The SMILES string of the molecule is Cc1ccc(-c2[c-]ccc3c2oc2c3ccc3sc(C(C)(C)C)nc32)nc1.[Ir].[c-]1ccccc1-c1ccccn1. The van der Waals surface area contributed by atoms with E-state index in [1.54, 1.807) is 17.5 Å². The second-order valence-corrected chi connectivity index (χ2v) is 11.5. The Morgan fingerprint density at radius 2 is 1.60 bits per heavy atom. The second kappa shape index (κ2) is 11.4. The number of aromatic nitrogens is 3. The maximum absolute atomic E-state index is 6.38. The van der Waals surface area contributed by atoms with Crippen LogP contribution in [0.1, 0.15) is 31.3 Å². The van der Waals surface area contributed by atoms with Crippen molar-refractivity contribution >= 4 is 43.5 Å². The van der Waals surface area contributed by atoms with E-state index < -0.39 is 0 Å². The molecule has 4 nitrogen and oxygen atoms in total. The van der Waals surface area contributed by atoms with Gasteiger partial charge in [0.05, 0.1) is 15.3 Å². The van der Waals surface area contributed by atoms with Crippen LogP contribution in [0, 0.1) is 19.1 Å².